The number of hydrogen-bond acceptors (Lipinski definition) is 3. The van der Waals surface area contributed by atoms with Crippen LogP contribution in [0.15, 0.2) is 18.2 Å². The molecule has 1 atom stereocenters. The minimum absolute atomic E-state index is 0.0686. The molecule has 4 heteroatoms. The topological polar surface area (TPSA) is 49.8 Å². The van der Waals surface area contributed by atoms with Crippen molar-refractivity contribution < 1.29 is 14.6 Å². The Labute approximate surface area is 114 Å². The van der Waals surface area contributed by atoms with E-state index >= 15 is 0 Å². The van der Waals surface area contributed by atoms with Crippen LogP contribution in [-0.4, -0.2) is 28.6 Å². The lowest BCUT2D eigenvalue weighted by Crippen LogP contribution is -2.31. The number of aliphatic hydroxyl groups excluding tert-OH is 1. The molecule has 0 saturated carbocycles. The average Bonchev–Trinajstić information content (AvgIpc) is 2.53. The van der Waals surface area contributed by atoms with E-state index < -0.39 is 6.23 Å². The number of aliphatic hydroxyl groups is 1. The fourth-order valence-electron chi connectivity index (χ4n) is 2.30. The third kappa shape index (κ3) is 2.73. The zero-order chi connectivity index (χ0) is 14.2. The molecule has 0 aliphatic carbocycles. The number of carbonyl (C=O) groups excluding carboxylic acids is 1. The summed E-state index contributed by atoms with van der Waals surface area (Å²) in [4.78, 5) is 13.7. The minimum atomic E-state index is -0.861. The molecule has 19 heavy (non-hydrogen) atoms. The number of benzene rings is 1. The molecule has 2 rings (SSSR count). The molecule has 1 heterocycles. The second kappa shape index (κ2) is 5.21. The van der Waals surface area contributed by atoms with E-state index in [-0.39, 0.29) is 12.0 Å². The Hall–Kier alpha value is -1.55. The summed E-state index contributed by atoms with van der Waals surface area (Å²) in [5, 5.41) is 10.3. The van der Waals surface area contributed by atoms with E-state index in [4.69, 9.17) is 4.74 Å². The van der Waals surface area contributed by atoms with E-state index in [2.05, 4.69) is 0 Å². The Morgan fingerprint density at radius 1 is 1.32 bits per heavy atom. The van der Waals surface area contributed by atoms with E-state index in [0.29, 0.717) is 29.3 Å². The first kappa shape index (κ1) is 13.9. The molecule has 0 bridgehead atoms. The summed E-state index contributed by atoms with van der Waals surface area (Å²) in [6.45, 7) is 8.49. The number of rotatable bonds is 4. The van der Waals surface area contributed by atoms with Crippen molar-refractivity contribution in [3.05, 3.63) is 29.3 Å². The van der Waals surface area contributed by atoms with E-state index in [1.165, 1.54) is 4.90 Å². The van der Waals surface area contributed by atoms with Gasteiger partial charge in [-0.2, -0.15) is 0 Å². The largest absolute Gasteiger partial charge is 0.491 e. The highest BCUT2D eigenvalue weighted by Gasteiger charge is 2.35. The van der Waals surface area contributed by atoms with Crippen LogP contribution in [-0.2, 0) is 0 Å². The van der Waals surface area contributed by atoms with Gasteiger partial charge in [0.15, 0.2) is 6.23 Å². The van der Waals surface area contributed by atoms with Crippen molar-refractivity contribution in [1.29, 1.82) is 0 Å². The number of ether oxygens (including phenoxy) is 1. The normalized spacial score (nSPS) is 18.4. The molecule has 0 radical (unpaired) electrons. The third-order valence-electron chi connectivity index (χ3n) is 3.02. The first-order chi connectivity index (χ1) is 8.90. The number of hydrogen-bond donors (Lipinski definition) is 1. The van der Waals surface area contributed by atoms with Gasteiger partial charge in [-0.3, -0.25) is 4.79 Å². The van der Waals surface area contributed by atoms with E-state index in [0.717, 1.165) is 0 Å². The van der Waals surface area contributed by atoms with Crippen molar-refractivity contribution in [2.45, 2.75) is 40.0 Å². The van der Waals surface area contributed by atoms with Crippen LogP contribution < -0.4 is 4.74 Å². The standard InChI is InChI=1S/C15H21NO3/c1-9(2)8-16-14(17)12-6-5-11(19-10(3)4)7-13(12)15(16)18/h5-7,9-10,15,18H,8H2,1-4H3. The fraction of sp³-hybridized carbons (Fsp3) is 0.533. The second-order valence-corrected chi connectivity index (χ2v) is 5.64. The van der Waals surface area contributed by atoms with Crippen LogP contribution in [0.3, 0.4) is 0 Å². The molecule has 1 aromatic carbocycles. The molecule has 1 aromatic rings. The van der Waals surface area contributed by atoms with Crippen LogP contribution in [0.2, 0.25) is 0 Å². The van der Waals surface area contributed by atoms with Gasteiger partial charge in [0.1, 0.15) is 5.75 Å². The van der Waals surface area contributed by atoms with Gasteiger partial charge < -0.3 is 14.7 Å². The number of amides is 1. The van der Waals surface area contributed by atoms with Crippen molar-refractivity contribution in [3.63, 3.8) is 0 Å². The van der Waals surface area contributed by atoms with Crippen molar-refractivity contribution in [3.8, 4) is 5.75 Å². The van der Waals surface area contributed by atoms with Gasteiger partial charge in [0.2, 0.25) is 0 Å². The summed E-state index contributed by atoms with van der Waals surface area (Å²) in [6, 6.07) is 5.28. The first-order valence-electron chi connectivity index (χ1n) is 6.69. The molecule has 0 fully saturated rings. The highest BCUT2D eigenvalue weighted by molar-refractivity contribution is 5.99. The van der Waals surface area contributed by atoms with Crippen LogP contribution in [0.5, 0.6) is 5.75 Å². The Kier molecular flexibility index (Phi) is 3.80. The summed E-state index contributed by atoms with van der Waals surface area (Å²) >= 11 is 0. The monoisotopic (exact) mass is 263 g/mol. The predicted molar refractivity (Wildman–Crippen MR) is 73.0 cm³/mol. The molecule has 1 amide bonds. The first-order valence-corrected chi connectivity index (χ1v) is 6.69. The molecular weight excluding hydrogens is 242 g/mol. The molecule has 104 valence electrons. The quantitative estimate of drug-likeness (QED) is 0.908. The van der Waals surface area contributed by atoms with E-state index in [9.17, 15) is 9.90 Å². The summed E-state index contributed by atoms with van der Waals surface area (Å²) in [6.07, 6.45) is -0.792. The van der Waals surface area contributed by atoms with Gasteiger partial charge in [-0.05, 0) is 38.0 Å². The van der Waals surface area contributed by atoms with Crippen LogP contribution >= 0.6 is 0 Å². The zero-order valence-electron chi connectivity index (χ0n) is 11.9. The van der Waals surface area contributed by atoms with Crippen molar-refractivity contribution in [1.82, 2.24) is 4.90 Å². The van der Waals surface area contributed by atoms with Gasteiger partial charge in [0.05, 0.1) is 6.10 Å². The maximum Gasteiger partial charge on any atom is 0.256 e. The minimum Gasteiger partial charge on any atom is -0.491 e. The van der Waals surface area contributed by atoms with Gasteiger partial charge in [-0.15, -0.1) is 0 Å². The maximum absolute atomic E-state index is 12.2. The molecule has 0 saturated heterocycles. The molecule has 1 unspecified atom stereocenters. The summed E-state index contributed by atoms with van der Waals surface area (Å²) in [5.74, 6) is 0.901. The zero-order valence-corrected chi connectivity index (χ0v) is 11.9. The van der Waals surface area contributed by atoms with Gasteiger partial charge >= 0.3 is 0 Å². The van der Waals surface area contributed by atoms with Gasteiger partial charge in [0.25, 0.3) is 5.91 Å². The van der Waals surface area contributed by atoms with E-state index in [1.54, 1.807) is 18.2 Å². The lowest BCUT2D eigenvalue weighted by molar-refractivity contribution is 0.0126. The highest BCUT2D eigenvalue weighted by Crippen LogP contribution is 2.34. The Balaban J connectivity index is 2.28. The number of nitrogens with zero attached hydrogens (tertiary/aromatic N) is 1. The molecule has 1 aliphatic heterocycles. The molecule has 0 spiro atoms. The number of carbonyl (C=O) groups is 1. The molecule has 1 N–H and O–H groups in total. The van der Waals surface area contributed by atoms with E-state index in [1.807, 2.05) is 27.7 Å². The predicted octanol–water partition coefficient (Wildman–Crippen LogP) is 2.58. The molecule has 4 nitrogen and oxygen atoms in total. The summed E-state index contributed by atoms with van der Waals surface area (Å²) < 4.78 is 5.60. The number of fused-ring (bicyclic) bond motifs is 1. The van der Waals surface area contributed by atoms with Crippen LogP contribution in [0, 0.1) is 5.92 Å². The average molecular weight is 263 g/mol. The van der Waals surface area contributed by atoms with Gasteiger partial charge in [-0.25, -0.2) is 0 Å². The fourth-order valence-corrected chi connectivity index (χ4v) is 2.30. The molecular formula is C15H21NO3. The lowest BCUT2D eigenvalue weighted by Gasteiger charge is -2.22. The Bertz CT molecular complexity index is 482. The Morgan fingerprint density at radius 3 is 2.58 bits per heavy atom. The van der Waals surface area contributed by atoms with Crippen LogP contribution in [0.25, 0.3) is 0 Å². The van der Waals surface area contributed by atoms with Crippen LogP contribution in [0.1, 0.15) is 49.8 Å². The smallest absolute Gasteiger partial charge is 0.256 e. The van der Waals surface area contributed by atoms with Gasteiger partial charge in [0, 0.05) is 17.7 Å². The van der Waals surface area contributed by atoms with Crippen LogP contribution in [0.4, 0.5) is 0 Å². The van der Waals surface area contributed by atoms with Crippen molar-refractivity contribution >= 4 is 5.91 Å². The summed E-state index contributed by atoms with van der Waals surface area (Å²) in [7, 11) is 0. The highest BCUT2D eigenvalue weighted by atomic mass is 16.5. The molecule has 1 aliphatic rings. The summed E-state index contributed by atoms with van der Waals surface area (Å²) in [5.41, 5.74) is 1.22. The Morgan fingerprint density at radius 2 is 2.00 bits per heavy atom. The molecule has 0 aromatic heterocycles. The second-order valence-electron chi connectivity index (χ2n) is 5.64. The van der Waals surface area contributed by atoms with Gasteiger partial charge in [-0.1, -0.05) is 13.8 Å². The SMILES string of the molecule is CC(C)CN1C(=O)c2ccc(OC(C)C)cc2C1O. The van der Waals surface area contributed by atoms with Crippen molar-refractivity contribution in [2.24, 2.45) is 5.92 Å². The lowest BCUT2D eigenvalue weighted by atomic mass is 10.1. The van der Waals surface area contributed by atoms with Crippen molar-refractivity contribution in [2.75, 3.05) is 6.54 Å². The maximum atomic E-state index is 12.2. The third-order valence-corrected chi connectivity index (χ3v) is 3.02.